The van der Waals surface area contributed by atoms with Crippen LogP contribution in [0.25, 0.3) is 0 Å². The molecule has 0 saturated heterocycles. The van der Waals surface area contributed by atoms with Gasteiger partial charge in [0.15, 0.2) is 0 Å². The minimum absolute atomic E-state index is 0.0862. The van der Waals surface area contributed by atoms with E-state index in [1.54, 1.807) is 39.1 Å². The van der Waals surface area contributed by atoms with E-state index < -0.39 is 6.10 Å². The highest BCUT2D eigenvalue weighted by molar-refractivity contribution is 5.81. The molecule has 0 saturated carbocycles. The fourth-order valence-corrected chi connectivity index (χ4v) is 1.84. The first kappa shape index (κ1) is 14.3. The SMILES string of the molecule is CNC(=O)CN(C)c1cccc(OC)c1C(C)O. The number of rotatable bonds is 5. The molecule has 0 bridgehead atoms. The molecule has 5 nitrogen and oxygen atoms in total. The van der Waals surface area contributed by atoms with Crippen molar-refractivity contribution in [2.45, 2.75) is 13.0 Å². The Morgan fingerprint density at radius 3 is 2.72 bits per heavy atom. The number of methoxy groups -OCH3 is 1. The monoisotopic (exact) mass is 252 g/mol. The minimum Gasteiger partial charge on any atom is -0.496 e. The van der Waals surface area contributed by atoms with Gasteiger partial charge in [0.2, 0.25) is 5.91 Å². The van der Waals surface area contributed by atoms with Crippen molar-refractivity contribution in [3.05, 3.63) is 23.8 Å². The average molecular weight is 252 g/mol. The van der Waals surface area contributed by atoms with E-state index in [2.05, 4.69) is 5.32 Å². The Morgan fingerprint density at radius 2 is 2.22 bits per heavy atom. The number of aliphatic hydroxyl groups is 1. The van der Waals surface area contributed by atoms with Crippen LogP contribution >= 0.6 is 0 Å². The first-order valence-electron chi connectivity index (χ1n) is 5.78. The molecular weight excluding hydrogens is 232 g/mol. The van der Waals surface area contributed by atoms with Gasteiger partial charge >= 0.3 is 0 Å². The second-order valence-corrected chi connectivity index (χ2v) is 4.10. The number of likely N-dealkylation sites (N-methyl/N-ethyl adjacent to an activating group) is 2. The molecule has 18 heavy (non-hydrogen) atoms. The zero-order valence-electron chi connectivity index (χ0n) is 11.2. The second-order valence-electron chi connectivity index (χ2n) is 4.10. The highest BCUT2D eigenvalue weighted by Gasteiger charge is 2.17. The Kier molecular flexibility index (Phi) is 4.97. The molecule has 0 heterocycles. The minimum atomic E-state index is -0.664. The van der Waals surface area contributed by atoms with Crippen LogP contribution in [-0.2, 0) is 4.79 Å². The van der Waals surface area contributed by atoms with Crippen LogP contribution in [0.4, 0.5) is 5.69 Å². The third kappa shape index (κ3) is 3.13. The zero-order valence-corrected chi connectivity index (χ0v) is 11.2. The maximum Gasteiger partial charge on any atom is 0.239 e. The number of nitrogens with one attached hydrogen (secondary N) is 1. The van der Waals surface area contributed by atoms with Gasteiger partial charge in [0.1, 0.15) is 5.75 Å². The van der Waals surface area contributed by atoms with Crippen molar-refractivity contribution < 1.29 is 14.6 Å². The molecule has 1 aromatic rings. The van der Waals surface area contributed by atoms with Crippen molar-refractivity contribution >= 4 is 11.6 Å². The molecular formula is C13H20N2O3. The number of amides is 1. The Morgan fingerprint density at radius 1 is 1.56 bits per heavy atom. The van der Waals surface area contributed by atoms with Crippen molar-refractivity contribution in [2.75, 3.05) is 32.6 Å². The number of anilines is 1. The zero-order chi connectivity index (χ0) is 13.7. The van der Waals surface area contributed by atoms with E-state index in [0.717, 1.165) is 5.69 Å². The summed E-state index contributed by atoms with van der Waals surface area (Å²) in [5.74, 6) is 0.531. The average Bonchev–Trinajstić information content (AvgIpc) is 2.37. The van der Waals surface area contributed by atoms with Crippen LogP contribution in [0.5, 0.6) is 5.75 Å². The maximum absolute atomic E-state index is 11.4. The van der Waals surface area contributed by atoms with Gasteiger partial charge in [-0.3, -0.25) is 4.79 Å². The van der Waals surface area contributed by atoms with Crippen molar-refractivity contribution in [3.63, 3.8) is 0 Å². The molecule has 0 fully saturated rings. The lowest BCUT2D eigenvalue weighted by molar-refractivity contribution is -0.119. The lowest BCUT2D eigenvalue weighted by atomic mass is 10.1. The molecule has 0 radical (unpaired) electrons. The molecule has 1 unspecified atom stereocenters. The molecule has 0 aliphatic carbocycles. The highest BCUT2D eigenvalue weighted by atomic mass is 16.5. The van der Waals surface area contributed by atoms with Crippen molar-refractivity contribution in [1.82, 2.24) is 5.32 Å². The molecule has 1 aromatic carbocycles. The molecule has 0 spiro atoms. The number of hydrogen-bond donors (Lipinski definition) is 2. The third-order valence-electron chi connectivity index (χ3n) is 2.75. The molecule has 0 aliphatic rings. The van der Waals surface area contributed by atoms with Crippen LogP contribution in [0.15, 0.2) is 18.2 Å². The lowest BCUT2D eigenvalue weighted by Gasteiger charge is -2.24. The summed E-state index contributed by atoms with van der Waals surface area (Å²) in [6.07, 6.45) is -0.664. The summed E-state index contributed by atoms with van der Waals surface area (Å²) < 4.78 is 5.24. The third-order valence-corrected chi connectivity index (χ3v) is 2.75. The van der Waals surface area contributed by atoms with Crippen LogP contribution < -0.4 is 15.0 Å². The van der Waals surface area contributed by atoms with Crippen LogP contribution in [0, 0.1) is 0 Å². The smallest absolute Gasteiger partial charge is 0.239 e. The lowest BCUT2D eigenvalue weighted by Crippen LogP contribution is -2.33. The van der Waals surface area contributed by atoms with Gasteiger partial charge in [-0.25, -0.2) is 0 Å². The number of carbonyl (C=O) groups is 1. The highest BCUT2D eigenvalue weighted by Crippen LogP contribution is 2.33. The molecule has 0 aromatic heterocycles. The van der Waals surface area contributed by atoms with E-state index >= 15 is 0 Å². The summed E-state index contributed by atoms with van der Waals surface area (Å²) in [5.41, 5.74) is 1.47. The van der Waals surface area contributed by atoms with E-state index in [4.69, 9.17) is 4.74 Å². The first-order chi connectivity index (χ1) is 8.51. The molecule has 100 valence electrons. The van der Waals surface area contributed by atoms with Crippen LogP contribution in [0.1, 0.15) is 18.6 Å². The summed E-state index contributed by atoms with van der Waals surface area (Å²) in [4.78, 5) is 13.2. The number of hydrogen-bond acceptors (Lipinski definition) is 4. The summed E-state index contributed by atoms with van der Waals surface area (Å²) >= 11 is 0. The van der Waals surface area contributed by atoms with E-state index in [1.165, 1.54) is 0 Å². The van der Waals surface area contributed by atoms with Crippen molar-refractivity contribution in [3.8, 4) is 5.75 Å². The van der Waals surface area contributed by atoms with Crippen LogP contribution in [0.3, 0.4) is 0 Å². The predicted molar refractivity (Wildman–Crippen MR) is 71.0 cm³/mol. The van der Waals surface area contributed by atoms with Gasteiger partial charge in [0, 0.05) is 25.3 Å². The van der Waals surface area contributed by atoms with Gasteiger partial charge in [-0.05, 0) is 19.1 Å². The molecule has 1 rings (SSSR count). The van der Waals surface area contributed by atoms with Crippen LogP contribution in [-0.4, -0.2) is 38.8 Å². The molecule has 1 atom stereocenters. The Labute approximate surface area is 107 Å². The Bertz CT molecular complexity index is 419. The summed E-state index contributed by atoms with van der Waals surface area (Å²) in [6.45, 7) is 1.90. The van der Waals surface area contributed by atoms with E-state index in [-0.39, 0.29) is 12.5 Å². The van der Waals surface area contributed by atoms with E-state index in [0.29, 0.717) is 11.3 Å². The fourth-order valence-electron chi connectivity index (χ4n) is 1.84. The Balaban J connectivity index is 3.11. The van der Waals surface area contributed by atoms with Gasteiger partial charge in [-0.15, -0.1) is 0 Å². The van der Waals surface area contributed by atoms with Gasteiger partial charge in [0.25, 0.3) is 0 Å². The quantitative estimate of drug-likeness (QED) is 0.818. The van der Waals surface area contributed by atoms with E-state index in [9.17, 15) is 9.90 Å². The van der Waals surface area contributed by atoms with Crippen molar-refractivity contribution in [1.29, 1.82) is 0 Å². The van der Waals surface area contributed by atoms with Gasteiger partial charge in [-0.2, -0.15) is 0 Å². The number of ether oxygens (including phenoxy) is 1. The summed E-state index contributed by atoms with van der Waals surface area (Å²) in [6, 6.07) is 5.48. The van der Waals surface area contributed by atoms with Gasteiger partial charge in [-0.1, -0.05) is 6.07 Å². The van der Waals surface area contributed by atoms with Gasteiger partial charge < -0.3 is 20.1 Å². The predicted octanol–water partition coefficient (Wildman–Crippen LogP) is 0.931. The van der Waals surface area contributed by atoms with Crippen molar-refractivity contribution in [2.24, 2.45) is 0 Å². The van der Waals surface area contributed by atoms with Gasteiger partial charge in [0.05, 0.1) is 19.8 Å². The normalized spacial score (nSPS) is 11.8. The number of benzene rings is 1. The molecule has 1 amide bonds. The Hall–Kier alpha value is -1.75. The maximum atomic E-state index is 11.4. The first-order valence-corrected chi connectivity index (χ1v) is 5.78. The number of nitrogens with zero attached hydrogens (tertiary/aromatic N) is 1. The standard InChI is InChI=1S/C13H20N2O3/c1-9(16)13-10(6-5-7-11(13)18-4)15(3)8-12(17)14-2/h5-7,9,16H,8H2,1-4H3,(H,14,17). The topological polar surface area (TPSA) is 61.8 Å². The number of aliphatic hydroxyl groups excluding tert-OH is 1. The van der Waals surface area contributed by atoms with E-state index in [1.807, 2.05) is 12.1 Å². The largest absolute Gasteiger partial charge is 0.496 e. The molecule has 2 N–H and O–H groups in total. The fraction of sp³-hybridized carbons (Fsp3) is 0.462. The second kappa shape index (κ2) is 6.26. The summed E-state index contributed by atoms with van der Waals surface area (Å²) in [5, 5.41) is 12.4. The molecule has 5 heteroatoms. The number of carbonyl (C=O) groups excluding carboxylic acids is 1. The molecule has 0 aliphatic heterocycles. The summed E-state index contributed by atoms with van der Waals surface area (Å²) in [7, 11) is 4.96. The van der Waals surface area contributed by atoms with Crippen LogP contribution in [0.2, 0.25) is 0 Å².